The van der Waals surface area contributed by atoms with Crippen molar-refractivity contribution < 1.29 is 9.18 Å². The predicted molar refractivity (Wildman–Crippen MR) is 67.1 cm³/mol. The lowest BCUT2D eigenvalue weighted by atomic mass is 10.0. The Morgan fingerprint density at radius 1 is 1.38 bits per heavy atom. The van der Waals surface area contributed by atoms with Crippen LogP contribution in [0.1, 0.15) is 37.0 Å². The lowest BCUT2D eigenvalue weighted by Gasteiger charge is -2.03. The van der Waals surface area contributed by atoms with Gasteiger partial charge in [0.2, 0.25) is 0 Å². The van der Waals surface area contributed by atoms with Gasteiger partial charge in [-0.2, -0.15) is 0 Å². The highest BCUT2D eigenvalue weighted by molar-refractivity contribution is 9.10. The summed E-state index contributed by atoms with van der Waals surface area (Å²) < 4.78 is 13.9. The molecule has 1 nitrogen and oxygen atoms in total. The van der Waals surface area contributed by atoms with Crippen LogP contribution >= 0.6 is 15.9 Å². The fourth-order valence-electron chi connectivity index (χ4n) is 1.41. The maximum Gasteiger partial charge on any atom is 0.188 e. The Morgan fingerprint density at radius 2 is 2.00 bits per heavy atom. The number of benzene rings is 1. The lowest BCUT2D eigenvalue weighted by molar-refractivity contribution is 0.104. The number of rotatable bonds is 4. The number of carbonyl (C=O) groups is 1. The molecule has 0 aliphatic carbocycles. The predicted octanol–water partition coefficient (Wildman–Crippen LogP) is 4.52. The van der Waals surface area contributed by atoms with E-state index in [1.807, 2.05) is 13.8 Å². The second kappa shape index (κ2) is 5.94. The normalized spacial score (nSPS) is 10.0. The molecule has 1 aromatic carbocycles. The highest BCUT2D eigenvalue weighted by atomic mass is 79.9. The molecule has 0 amide bonds. The molecule has 3 heteroatoms. The maximum absolute atomic E-state index is 13.6. The lowest BCUT2D eigenvalue weighted by Crippen LogP contribution is -2.00. The van der Waals surface area contributed by atoms with Gasteiger partial charge in [0.15, 0.2) is 5.78 Å². The Bertz CT molecular complexity index is 418. The van der Waals surface area contributed by atoms with Crippen molar-refractivity contribution in [3.8, 4) is 0 Å². The zero-order valence-corrected chi connectivity index (χ0v) is 11.0. The first kappa shape index (κ1) is 13.1. The molecule has 0 N–H and O–H groups in total. The van der Waals surface area contributed by atoms with Crippen molar-refractivity contribution in [2.24, 2.45) is 0 Å². The van der Waals surface area contributed by atoms with Gasteiger partial charge in [0.1, 0.15) is 5.82 Å². The van der Waals surface area contributed by atoms with E-state index < -0.39 is 5.82 Å². The molecule has 0 fully saturated rings. The molecule has 1 aromatic rings. The average molecular weight is 285 g/mol. The second-order valence-corrected chi connectivity index (χ2v) is 4.33. The van der Waals surface area contributed by atoms with Crippen molar-refractivity contribution in [2.45, 2.75) is 26.7 Å². The van der Waals surface area contributed by atoms with Crippen LogP contribution in [0.15, 0.2) is 34.3 Å². The Balaban J connectivity index is 3.06. The first-order chi connectivity index (χ1) is 7.60. The number of carbonyl (C=O) groups excluding carboxylic acids is 1. The van der Waals surface area contributed by atoms with Crippen molar-refractivity contribution in [3.63, 3.8) is 0 Å². The van der Waals surface area contributed by atoms with Gasteiger partial charge in [-0.3, -0.25) is 4.79 Å². The zero-order valence-electron chi connectivity index (χ0n) is 9.39. The summed E-state index contributed by atoms with van der Waals surface area (Å²) in [6, 6.07) is 4.74. The van der Waals surface area contributed by atoms with Gasteiger partial charge in [0, 0.05) is 0 Å². The van der Waals surface area contributed by atoms with Gasteiger partial charge in [0.05, 0.1) is 10.0 Å². The largest absolute Gasteiger partial charge is 0.289 e. The first-order valence-electron chi connectivity index (χ1n) is 5.27. The summed E-state index contributed by atoms with van der Waals surface area (Å²) in [6.07, 6.45) is 3.17. The van der Waals surface area contributed by atoms with Crippen LogP contribution in [0.25, 0.3) is 0 Å². The molecule has 86 valence electrons. The van der Waals surface area contributed by atoms with Gasteiger partial charge in [-0.15, -0.1) is 0 Å². The van der Waals surface area contributed by atoms with E-state index in [2.05, 4.69) is 15.9 Å². The smallest absolute Gasteiger partial charge is 0.188 e. The minimum absolute atomic E-state index is 0.119. The Morgan fingerprint density at radius 3 is 2.56 bits per heavy atom. The maximum atomic E-state index is 13.6. The number of allylic oxidation sites excluding steroid dienone is 2. The van der Waals surface area contributed by atoms with Crippen molar-refractivity contribution >= 4 is 21.7 Å². The van der Waals surface area contributed by atoms with Crippen LogP contribution < -0.4 is 0 Å². The molecule has 0 atom stereocenters. The van der Waals surface area contributed by atoms with Crippen LogP contribution in [0.4, 0.5) is 4.39 Å². The third kappa shape index (κ3) is 3.01. The van der Waals surface area contributed by atoms with E-state index in [0.717, 1.165) is 18.4 Å². The molecule has 0 radical (unpaired) electrons. The second-order valence-electron chi connectivity index (χ2n) is 3.48. The fourth-order valence-corrected chi connectivity index (χ4v) is 1.78. The Hall–Kier alpha value is -0.960. The van der Waals surface area contributed by atoms with Crippen LogP contribution in [-0.2, 0) is 0 Å². The number of ketones is 1. The summed E-state index contributed by atoms with van der Waals surface area (Å²) in [4.78, 5) is 11.8. The van der Waals surface area contributed by atoms with Crippen molar-refractivity contribution in [3.05, 3.63) is 45.7 Å². The SMILES string of the molecule is CCC(=CC(=O)c1cccc(Br)c1F)CC. The summed E-state index contributed by atoms with van der Waals surface area (Å²) in [5, 5.41) is 0. The Labute approximate surface area is 103 Å². The molecule has 0 saturated heterocycles. The molecule has 0 bridgehead atoms. The van der Waals surface area contributed by atoms with Crippen LogP contribution in [0.2, 0.25) is 0 Å². The average Bonchev–Trinajstić information content (AvgIpc) is 2.29. The van der Waals surface area contributed by atoms with Gasteiger partial charge >= 0.3 is 0 Å². The van der Waals surface area contributed by atoms with E-state index in [9.17, 15) is 9.18 Å². The minimum atomic E-state index is -0.490. The van der Waals surface area contributed by atoms with Crippen molar-refractivity contribution in [1.82, 2.24) is 0 Å². The fraction of sp³-hybridized carbons (Fsp3) is 0.308. The molecular weight excluding hydrogens is 271 g/mol. The summed E-state index contributed by atoms with van der Waals surface area (Å²) in [6.45, 7) is 3.97. The Kier molecular flexibility index (Phi) is 4.87. The number of hydrogen-bond donors (Lipinski definition) is 0. The summed E-state index contributed by atoms with van der Waals surface area (Å²) >= 11 is 3.07. The number of hydrogen-bond acceptors (Lipinski definition) is 1. The van der Waals surface area contributed by atoms with E-state index in [0.29, 0.717) is 4.47 Å². The van der Waals surface area contributed by atoms with E-state index in [-0.39, 0.29) is 11.3 Å². The molecule has 0 spiro atoms. The first-order valence-corrected chi connectivity index (χ1v) is 6.07. The summed E-state index contributed by atoms with van der Waals surface area (Å²) in [5.41, 5.74) is 1.15. The van der Waals surface area contributed by atoms with Crippen LogP contribution in [-0.4, -0.2) is 5.78 Å². The molecule has 0 aliphatic rings. The minimum Gasteiger partial charge on any atom is -0.289 e. The van der Waals surface area contributed by atoms with Gasteiger partial charge in [-0.1, -0.05) is 25.5 Å². The van der Waals surface area contributed by atoms with Crippen LogP contribution in [0, 0.1) is 5.82 Å². The molecule has 0 aliphatic heterocycles. The molecule has 0 aromatic heterocycles. The van der Waals surface area contributed by atoms with Crippen LogP contribution in [0.5, 0.6) is 0 Å². The molecule has 1 rings (SSSR count). The standard InChI is InChI=1S/C13H14BrFO/c1-3-9(4-2)8-12(16)10-6-5-7-11(14)13(10)15/h5-8H,3-4H2,1-2H3. The third-order valence-corrected chi connectivity index (χ3v) is 3.07. The quantitative estimate of drug-likeness (QED) is 0.587. The van der Waals surface area contributed by atoms with E-state index in [1.165, 1.54) is 12.1 Å². The van der Waals surface area contributed by atoms with E-state index in [4.69, 9.17) is 0 Å². The zero-order chi connectivity index (χ0) is 12.1. The van der Waals surface area contributed by atoms with Crippen LogP contribution in [0.3, 0.4) is 0 Å². The molecule has 0 saturated carbocycles. The molecule has 16 heavy (non-hydrogen) atoms. The van der Waals surface area contributed by atoms with Gasteiger partial charge < -0.3 is 0 Å². The van der Waals surface area contributed by atoms with Gasteiger partial charge in [0.25, 0.3) is 0 Å². The van der Waals surface area contributed by atoms with E-state index >= 15 is 0 Å². The van der Waals surface area contributed by atoms with Gasteiger partial charge in [-0.25, -0.2) is 4.39 Å². The molecule has 0 unspecified atom stereocenters. The monoisotopic (exact) mass is 284 g/mol. The summed E-state index contributed by atoms with van der Waals surface area (Å²) in [7, 11) is 0. The van der Waals surface area contributed by atoms with Crippen molar-refractivity contribution in [1.29, 1.82) is 0 Å². The number of halogens is 2. The topological polar surface area (TPSA) is 17.1 Å². The third-order valence-electron chi connectivity index (χ3n) is 2.46. The summed E-state index contributed by atoms with van der Waals surface area (Å²) in [5.74, 6) is -0.757. The highest BCUT2D eigenvalue weighted by Gasteiger charge is 2.11. The highest BCUT2D eigenvalue weighted by Crippen LogP contribution is 2.20. The van der Waals surface area contributed by atoms with E-state index in [1.54, 1.807) is 12.1 Å². The van der Waals surface area contributed by atoms with Crippen molar-refractivity contribution in [2.75, 3.05) is 0 Å². The van der Waals surface area contributed by atoms with Gasteiger partial charge in [-0.05, 0) is 47.0 Å². The molecule has 0 heterocycles. The molecular formula is C13H14BrFO.